The van der Waals surface area contributed by atoms with Crippen LogP contribution < -0.4 is 0 Å². The lowest BCUT2D eigenvalue weighted by molar-refractivity contribution is 0.616. The van der Waals surface area contributed by atoms with Crippen LogP contribution in [0.5, 0.6) is 0 Å². The van der Waals surface area contributed by atoms with E-state index in [-0.39, 0.29) is 0 Å². The van der Waals surface area contributed by atoms with Gasteiger partial charge >= 0.3 is 0 Å². The van der Waals surface area contributed by atoms with E-state index in [9.17, 15) is 0 Å². The first-order chi connectivity index (χ1) is 15.0. The number of hydrogen-bond donors (Lipinski definition) is 0. The molecule has 0 amide bonds. The minimum atomic E-state index is 0.370. The molecule has 0 spiro atoms. The maximum Gasteiger partial charge on any atom is 0.149 e. The molecule has 150 valence electrons. The second-order valence-corrected chi connectivity index (χ2v) is 8.43. The summed E-state index contributed by atoms with van der Waals surface area (Å²) in [6, 6.07) is 20.9. The summed E-state index contributed by atoms with van der Waals surface area (Å²) in [5.41, 5.74) is 7.51. The summed E-state index contributed by atoms with van der Waals surface area (Å²) in [4.78, 5) is 5.06. The number of rotatable bonds is 4. The number of aromatic nitrogens is 2. The minimum Gasteiger partial charge on any atom is -0.464 e. The minimum absolute atomic E-state index is 0.370. The molecule has 0 saturated carbocycles. The third kappa shape index (κ3) is 2.85. The van der Waals surface area contributed by atoms with E-state index >= 15 is 0 Å². The highest BCUT2D eigenvalue weighted by molar-refractivity contribution is 5.95. The number of nitrogens with zero attached hydrogens (tertiary/aromatic N) is 2. The average Bonchev–Trinajstić information content (AvgIpc) is 3.33. The molecule has 0 bridgehead atoms. The highest BCUT2D eigenvalue weighted by Gasteiger charge is 2.23. The second kappa shape index (κ2) is 7.17. The van der Waals surface area contributed by atoms with Crippen LogP contribution in [0, 0.1) is 0 Å². The Hall–Kier alpha value is -3.33. The summed E-state index contributed by atoms with van der Waals surface area (Å²) >= 11 is 0. The van der Waals surface area contributed by atoms with Crippen LogP contribution in [0.4, 0.5) is 0 Å². The topological polar surface area (TPSA) is 31.0 Å². The molecule has 0 fully saturated rings. The molecule has 0 N–H and O–H groups in total. The molecule has 3 aromatic carbocycles. The van der Waals surface area contributed by atoms with E-state index in [1.807, 2.05) is 12.1 Å². The van der Waals surface area contributed by atoms with Crippen LogP contribution in [0.1, 0.15) is 52.0 Å². The molecular formula is C27H26N2O. The van der Waals surface area contributed by atoms with Crippen molar-refractivity contribution in [2.45, 2.75) is 39.5 Å². The van der Waals surface area contributed by atoms with Gasteiger partial charge in [0.2, 0.25) is 0 Å². The van der Waals surface area contributed by atoms with Crippen molar-refractivity contribution < 1.29 is 5.79 Å². The van der Waals surface area contributed by atoms with Gasteiger partial charge in [0, 0.05) is 5.39 Å². The van der Waals surface area contributed by atoms with Gasteiger partial charge in [-0.05, 0) is 41.2 Å². The zero-order valence-electron chi connectivity index (χ0n) is 18.8. The van der Waals surface area contributed by atoms with Crippen LogP contribution in [0.3, 0.4) is 0 Å². The maximum atomic E-state index is 7.93. The largest absolute Gasteiger partial charge is 0.464 e. The van der Waals surface area contributed by atoms with Crippen LogP contribution in [-0.4, -0.2) is 9.55 Å². The summed E-state index contributed by atoms with van der Waals surface area (Å²) in [5, 5.41) is 0.973. The van der Waals surface area contributed by atoms with E-state index < -0.39 is 0 Å². The van der Waals surface area contributed by atoms with Gasteiger partial charge in [-0.15, -0.1) is 0 Å². The first-order valence-electron chi connectivity index (χ1n) is 11.0. The van der Waals surface area contributed by atoms with E-state index in [1.165, 1.54) is 16.8 Å². The summed E-state index contributed by atoms with van der Waals surface area (Å²) < 4.78 is 16.1. The molecule has 3 nitrogen and oxygen atoms in total. The van der Waals surface area contributed by atoms with Crippen LogP contribution in [0.25, 0.3) is 39.1 Å². The lowest BCUT2D eigenvalue weighted by Crippen LogP contribution is -2.08. The smallest absolute Gasteiger partial charge is 0.149 e. The molecule has 0 atom stereocenters. The first-order valence-corrected chi connectivity index (χ1v) is 10.5. The summed E-state index contributed by atoms with van der Waals surface area (Å²) in [6.07, 6.45) is 1.77. The zero-order chi connectivity index (χ0) is 21.7. The molecular weight excluding hydrogens is 368 g/mol. The normalized spacial score (nSPS) is 12.4. The fourth-order valence-corrected chi connectivity index (χ4v) is 4.30. The number of hydrogen-bond acceptors (Lipinski definition) is 2. The van der Waals surface area contributed by atoms with E-state index in [0.717, 1.165) is 27.8 Å². The van der Waals surface area contributed by atoms with E-state index in [2.05, 4.69) is 68.7 Å². The Labute approximate surface area is 178 Å². The second-order valence-electron chi connectivity index (χ2n) is 8.43. The number of imidazole rings is 1. The van der Waals surface area contributed by atoms with Crippen LogP contribution >= 0.6 is 0 Å². The highest BCUT2D eigenvalue weighted by atomic mass is 16.3. The monoisotopic (exact) mass is 395 g/mol. The predicted octanol–water partition coefficient (Wildman–Crippen LogP) is 7.69. The molecule has 0 aliphatic rings. The quantitative estimate of drug-likeness (QED) is 0.312. The molecule has 0 aliphatic heterocycles. The first kappa shape index (κ1) is 17.5. The SMILES string of the molecule is [2H]c1ccc2c(-c3nc4ccccc4n3-c3c(C(C)C)cccc3C(C)C)coc2c1. The third-order valence-electron chi connectivity index (χ3n) is 5.79. The highest BCUT2D eigenvalue weighted by Crippen LogP contribution is 2.39. The van der Waals surface area contributed by atoms with E-state index in [4.69, 9.17) is 10.8 Å². The van der Waals surface area contributed by atoms with Crippen molar-refractivity contribution in [1.29, 1.82) is 0 Å². The van der Waals surface area contributed by atoms with E-state index in [1.54, 1.807) is 18.4 Å². The molecule has 5 aromatic rings. The molecule has 2 heterocycles. The van der Waals surface area contributed by atoms with Crippen molar-refractivity contribution in [3.63, 3.8) is 0 Å². The predicted molar refractivity (Wildman–Crippen MR) is 124 cm³/mol. The molecule has 0 aliphatic carbocycles. The zero-order valence-corrected chi connectivity index (χ0v) is 17.8. The third-order valence-corrected chi connectivity index (χ3v) is 5.79. The Kier molecular flexibility index (Phi) is 4.19. The molecule has 0 unspecified atom stereocenters. The lowest BCUT2D eigenvalue weighted by Gasteiger charge is -2.22. The van der Waals surface area contributed by atoms with Gasteiger partial charge in [0.05, 0.1) is 23.7 Å². The summed E-state index contributed by atoms with van der Waals surface area (Å²) in [6.45, 7) is 8.96. The van der Waals surface area contributed by atoms with Crippen molar-refractivity contribution in [1.82, 2.24) is 9.55 Å². The van der Waals surface area contributed by atoms with Crippen molar-refractivity contribution in [2.75, 3.05) is 0 Å². The van der Waals surface area contributed by atoms with Crippen molar-refractivity contribution in [3.05, 3.63) is 84.1 Å². The Balaban J connectivity index is 1.92. The van der Waals surface area contributed by atoms with Gasteiger partial charge < -0.3 is 4.42 Å². The number of para-hydroxylation sites is 4. The molecule has 0 saturated heterocycles. The lowest BCUT2D eigenvalue weighted by atomic mass is 9.92. The van der Waals surface area contributed by atoms with Crippen molar-refractivity contribution >= 4 is 22.0 Å². The van der Waals surface area contributed by atoms with Crippen molar-refractivity contribution in [3.8, 4) is 17.1 Å². The summed E-state index contributed by atoms with van der Waals surface area (Å²) in [7, 11) is 0. The van der Waals surface area contributed by atoms with Gasteiger partial charge in [0.1, 0.15) is 17.7 Å². The van der Waals surface area contributed by atoms with Gasteiger partial charge in [0.15, 0.2) is 0 Å². The molecule has 0 radical (unpaired) electrons. The van der Waals surface area contributed by atoms with Gasteiger partial charge in [-0.1, -0.05) is 76.2 Å². The van der Waals surface area contributed by atoms with Gasteiger partial charge in [-0.2, -0.15) is 0 Å². The Morgan fingerprint density at radius 2 is 1.60 bits per heavy atom. The fourth-order valence-electron chi connectivity index (χ4n) is 4.30. The Morgan fingerprint density at radius 3 is 2.33 bits per heavy atom. The molecule has 2 aromatic heterocycles. The van der Waals surface area contributed by atoms with Crippen LogP contribution in [-0.2, 0) is 0 Å². The number of furan rings is 1. The van der Waals surface area contributed by atoms with E-state index in [0.29, 0.717) is 23.5 Å². The average molecular weight is 396 g/mol. The van der Waals surface area contributed by atoms with Crippen LogP contribution in [0.2, 0.25) is 0 Å². The number of fused-ring (bicyclic) bond motifs is 2. The molecule has 5 rings (SSSR count). The van der Waals surface area contributed by atoms with Crippen molar-refractivity contribution in [2.24, 2.45) is 0 Å². The standard InChI is InChI=1S/C27H26N2O/c1-17(2)19-11-9-12-20(18(3)4)26(19)29-24-14-7-6-13-23(24)28-27(29)22-16-30-25-15-8-5-10-21(22)25/h5-18H,1-4H3/i8D. The summed E-state index contributed by atoms with van der Waals surface area (Å²) in [5.74, 6) is 1.61. The Morgan fingerprint density at radius 1 is 0.867 bits per heavy atom. The maximum absolute atomic E-state index is 7.93. The Bertz CT molecular complexity index is 1380. The number of benzene rings is 3. The van der Waals surface area contributed by atoms with Gasteiger partial charge in [-0.3, -0.25) is 4.57 Å². The van der Waals surface area contributed by atoms with Gasteiger partial charge in [0.25, 0.3) is 0 Å². The van der Waals surface area contributed by atoms with Gasteiger partial charge in [-0.25, -0.2) is 4.98 Å². The molecule has 3 heteroatoms. The fraction of sp³-hybridized carbons (Fsp3) is 0.222. The molecule has 30 heavy (non-hydrogen) atoms. The van der Waals surface area contributed by atoms with Crippen LogP contribution in [0.15, 0.2) is 77.4 Å².